The van der Waals surface area contributed by atoms with Crippen LogP contribution in [0.3, 0.4) is 0 Å². The second-order valence-corrected chi connectivity index (χ2v) is 4.32. The Labute approximate surface area is 90.3 Å². The van der Waals surface area contributed by atoms with Crippen LogP contribution in [-0.2, 0) is 13.0 Å². The predicted octanol–water partition coefficient (Wildman–Crippen LogP) is 0.560. The number of rotatable bonds is 3. The van der Waals surface area contributed by atoms with Crippen LogP contribution in [0.4, 0.5) is 0 Å². The molecule has 1 aliphatic heterocycles. The summed E-state index contributed by atoms with van der Waals surface area (Å²) >= 11 is 0. The highest BCUT2D eigenvalue weighted by atomic mass is 16.3. The van der Waals surface area contributed by atoms with E-state index < -0.39 is 5.60 Å². The topological polar surface area (TPSA) is 50.1 Å². The Bertz CT molecular complexity index is 315. The molecule has 0 amide bonds. The number of aryl methyl sites for hydroxylation is 1. The summed E-state index contributed by atoms with van der Waals surface area (Å²) in [5.41, 5.74) is 0.611. The predicted molar refractivity (Wildman–Crippen MR) is 58.7 cm³/mol. The Morgan fingerprint density at radius 1 is 1.53 bits per heavy atom. The molecule has 1 fully saturated rings. The third kappa shape index (κ3) is 2.38. The third-order valence-electron chi connectivity index (χ3n) is 3.18. The second-order valence-electron chi connectivity index (χ2n) is 4.32. The van der Waals surface area contributed by atoms with Crippen LogP contribution >= 0.6 is 0 Å². The fraction of sp³-hybridized carbons (Fsp3) is 0.727. The molecular weight excluding hydrogens is 190 g/mol. The molecule has 15 heavy (non-hydrogen) atoms. The van der Waals surface area contributed by atoms with Crippen LogP contribution in [0.2, 0.25) is 0 Å². The lowest BCUT2D eigenvalue weighted by molar-refractivity contribution is 0.00933. The van der Waals surface area contributed by atoms with Crippen molar-refractivity contribution < 1.29 is 5.11 Å². The molecule has 0 saturated carbocycles. The van der Waals surface area contributed by atoms with Gasteiger partial charge in [-0.25, -0.2) is 4.98 Å². The first-order chi connectivity index (χ1) is 7.23. The highest BCUT2D eigenvalue weighted by molar-refractivity contribution is 5.04. The Morgan fingerprint density at radius 3 is 2.93 bits per heavy atom. The molecule has 2 heterocycles. The van der Waals surface area contributed by atoms with Crippen LogP contribution in [0.1, 0.15) is 25.5 Å². The monoisotopic (exact) mass is 209 g/mol. The van der Waals surface area contributed by atoms with Crippen LogP contribution in [0.15, 0.2) is 12.5 Å². The molecule has 0 aromatic carbocycles. The summed E-state index contributed by atoms with van der Waals surface area (Å²) in [4.78, 5) is 4.13. The standard InChI is InChI=1S/C11H19N3O/c1-2-14-9-13-8-10(14)7-11(15)3-5-12-6-4-11/h8-9,12,15H,2-7H2,1H3. The normalized spacial score (nSPS) is 20.4. The van der Waals surface area contributed by atoms with Crippen molar-refractivity contribution in [2.45, 2.75) is 38.3 Å². The number of hydrogen-bond donors (Lipinski definition) is 2. The van der Waals surface area contributed by atoms with E-state index in [1.54, 1.807) is 0 Å². The number of hydrogen-bond acceptors (Lipinski definition) is 3. The van der Waals surface area contributed by atoms with Crippen molar-refractivity contribution in [3.8, 4) is 0 Å². The molecule has 84 valence electrons. The van der Waals surface area contributed by atoms with Crippen molar-refractivity contribution >= 4 is 0 Å². The van der Waals surface area contributed by atoms with Crippen LogP contribution in [0.5, 0.6) is 0 Å². The minimum absolute atomic E-state index is 0.530. The quantitative estimate of drug-likeness (QED) is 0.765. The minimum atomic E-state index is -0.530. The SMILES string of the molecule is CCn1cncc1CC1(O)CCNCC1. The molecule has 4 nitrogen and oxygen atoms in total. The number of nitrogens with one attached hydrogen (secondary N) is 1. The number of piperidine rings is 1. The van der Waals surface area contributed by atoms with Gasteiger partial charge in [0, 0.05) is 24.9 Å². The third-order valence-corrected chi connectivity index (χ3v) is 3.18. The Hall–Kier alpha value is -0.870. The van der Waals surface area contributed by atoms with Crippen LogP contribution in [0, 0.1) is 0 Å². The zero-order valence-electron chi connectivity index (χ0n) is 9.24. The molecule has 4 heteroatoms. The van der Waals surface area contributed by atoms with Gasteiger partial charge in [0.1, 0.15) is 0 Å². The van der Waals surface area contributed by atoms with Gasteiger partial charge in [0.25, 0.3) is 0 Å². The summed E-state index contributed by atoms with van der Waals surface area (Å²) in [6.45, 7) is 4.84. The van der Waals surface area contributed by atoms with E-state index in [0.29, 0.717) is 0 Å². The Morgan fingerprint density at radius 2 is 2.27 bits per heavy atom. The van der Waals surface area contributed by atoms with Gasteiger partial charge >= 0.3 is 0 Å². The summed E-state index contributed by atoms with van der Waals surface area (Å²) in [6.07, 6.45) is 6.09. The summed E-state index contributed by atoms with van der Waals surface area (Å²) in [5, 5.41) is 13.6. The van der Waals surface area contributed by atoms with Gasteiger partial charge in [-0.2, -0.15) is 0 Å². The van der Waals surface area contributed by atoms with E-state index >= 15 is 0 Å². The first kappa shape index (κ1) is 10.6. The van der Waals surface area contributed by atoms with Crippen molar-refractivity contribution in [3.63, 3.8) is 0 Å². The zero-order valence-corrected chi connectivity index (χ0v) is 9.24. The molecule has 2 rings (SSSR count). The highest BCUT2D eigenvalue weighted by Crippen LogP contribution is 2.22. The van der Waals surface area contributed by atoms with E-state index in [2.05, 4.69) is 21.8 Å². The van der Waals surface area contributed by atoms with Gasteiger partial charge in [-0.15, -0.1) is 0 Å². The molecule has 1 aromatic rings. The fourth-order valence-electron chi connectivity index (χ4n) is 2.19. The van der Waals surface area contributed by atoms with Crippen molar-refractivity contribution in [1.82, 2.24) is 14.9 Å². The smallest absolute Gasteiger partial charge is 0.0948 e. The van der Waals surface area contributed by atoms with E-state index in [4.69, 9.17) is 0 Å². The molecule has 1 aliphatic rings. The van der Waals surface area contributed by atoms with E-state index in [0.717, 1.165) is 44.6 Å². The highest BCUT2D eigenvalue weighted by Gasteiger charge is 2.30. The molecule has 0 aliphatic carbocycles. The van der Waals surface area contributed by atoms with Gasteiger partial charge in [0.2, 0.25) is 0 Å². The molecule has 1 saturated heterocycles. The van der Waals surface area contributed by atoms with Gasteiger partial charge in [-0.1, -0.05) is 0 Å². The zero-order chi connectivity index (χ0) is 10.7. The Balaban J connectivity index is 2.06. The van der Waals surface area contributed by atoms with Gasteiger partial charge in [0.15, 0.2) is 0 Å². The van der Waals surface area contributed by atoms with Crippen molar-refractivity contribution in [3.05, 3.63) is 18.2 Å². The van der Waals surface area contributed by atoms with E-state index in [-0.39, 0.29) is 0 Å². The lowest BCUT2D eigenvalue weighted by Gasteiger charge is -2.32. The molecule has 1 aromatic heterocycles. The first-order valence-corrected chi connectivity index (χ1v) is 5.66. The molecule has 0 unspecified atom stereocenters. The Kier molecular flexibility index (Phi) is 3.07. The van der Waals surface area contributed by atoms with E-state index in [1.165, 1.54) is 0 Å². The maximum atomic E-state index is 10.4. The molecule has 0 radical (unpaired) electrons. The molecule has 2 N–H and O–H groups in total. The van der Waals surface area contributed by atoms with E-state index in [1.807, 2.05) is 12.5 Å². The number of aromatic nitrogens is 2. The number of nitrogens with zero attached hydrogens (tertiary/aromatic N) is 2. The fourth-order valence-corrected chi connectivity index (χ4v) is 2.19. The number of imidazole rings is 1. The maximum Gasteiger partial charge on any atom is 0.0948 e. The van der Waals surface area contributed by atoms with Crippen LogP contribution < -0.4 is 5.32 Å². The van der Waals surface area contributed by atoms with Crippen molar-refractivity contribution in [2.24, 2.45) is 0 Å². The van der Waals surface area contributed by atoms with Crippen molar-refractivity contribution in [2.75, 3.05) is 13.1 Å². The van der Waals surface area contributed by atoms with Gasteiger partial charge in [-0.3, -0.25) is 0 Å². The maximum absolute atomic E-state index is 10.4. The lowest BCUT2D eigenvalue weighted by Crippen LogP contribution is -2.43. The van der Waals surface area contributed by atoms with E-state index in [9.17, 15) is 5.11 Å². The number of aliphatic hydroxyl groups is 1. The van der Waals surface area contributed by atoms with Crippen molar-refractivity contribution in [1.29, 1.82) is 0 Å². The molecule has 0 bridgehead atoms. The summed E-state index contributed by atoms with van der Waals surface area (Å²) in [7, 11) is 0. The first-order valence-electron chi connectivity index (χ1n) is 5.66. The molecular formula is C11H19N3O. The van der Waals surface area contributed by atoms with Gasteiger partial charge in [-0.05, 0) is 32.9 Å². The summed E-state index contributed by atoms with van der Waals surface area (Å²) < 4.78 is 2.10. The summed E-state index contributed by atoms with van der Waals surface area (Å²) in [6, 6.07) is 0. The van der Waals surface area contributed by atoms with Gasteiger partial charge < -0.3 is 15.0 Å². The molecule has 0 spiro atoms. The second kappa shape index (κ2) is 4.33. The largest absolute Gasteiger partial charge is 0.389 e. The lowest BCUT2D eigenvalue weighted by atomic mass is 9.88. The minimum Gasteiger partial charge on any atom is -0.389 e. The van der Waals surface area contributed by atoms with Gasteiger partial charge in [0.05, 0.1) is 11.9 Å². The summed E-state index contributed by atoms with van der Waals surface area (Å²) in [5.74, 6) is 0. The molecule has 0 atom stereocenters. The average Bonchev–Trinajstić information content (AvgIpc) is 2.65. The van der Waals surface area contributed by atoms with Crippen LogP contribution in [0.25, 0.3) is 0 Å². The average molecular weight is 209 g/mol. The van der Waals surface area contributed by atoms with Crippen LogP contribution in [-0.4, -0.2) is 33.3 Å².